The van der Waals surface area contributed by atoms with Gasteiger partial charge in [-0.1, -0.05) is 13.0 Å². The Morgan fingerprint density at radius 3 is 2.71 bits per heavy atom. The van der Waals surface area contributed by atoms with Crippen LogP contribution in [0.2, 0.25) is 0 Å². The number of nitrogens with zero attached hydrogens (tertiary/aromatic N) is 1. The zero-order chi connectivity index (χ0) is 12.8. The standard InChI is InChI=1S/C11H12N2O4/c1-2-4-10(14)12-11(15)8-5-3-6-9(7-8)13(16)17/h3,5-7H,2,4H2,1H3,(H,12,14,15). The Morgan fingerprint density at radius 2 is 2.12 bits per heavy atom. The summed E-state index contributed by atoms with van der Waals surface area (Å²) in [5.41, 5.74) is -0.0794. The predicted molar refractivity (Wildman–Crippen MR) is 60.5 cm³/mol. The molecule has 0 bridgehead atoms. The molecule has 0 aliphatic carbocycles. The monoisotopic (exact) mass is 236 g/mol. The van der Waals surface area contributed by atoms with Crippen molar-refractivity contribution in [1.29, 1.82) is 0 Å². The molecule has 0 saturated carbocycles. The van der Waals surface area contributed by atoms with E-state index in [2.05, 4.69) is 5.32 Å². The third-order valence-electron chi connectivity index (χ3n) is 2.05. The van der Waals surface area contributed by atoms with Crippen LogP contribution >= 0.6 is 0 Å². The van der Waals surface area contributed by atoms with Gasteiger partial charge in [0, 0.05) is 24.1 Å². The van der Waals surface area contributed by atoms with Gasteiger partial charge >= 0.3 is 0 Å². The molecule has 0 aliphatic rings. The molecule has 6 heteroatoms. The largest absolute Gasteiger partial charge is 0.292 e. The van der Waals surface area contributed by atoms with Crippen molar-refractivity contribution in [3.63, 3.8) is 0 Å². The van der Waals surface area contributed by atoms with E-state index in [-0.39, 0.29) is 23.6 Å². The van der Waals surface area contributed by atoms with Crippen LogP contribution in [0.3, 0.4) is 0 Å². The summed E-state index contributed by atoms with van der Waals surface area (Å²) in [7, 11) is 0. The van der Waals surface area contributed by atoms with E-state index in [0.717, 1.165) is 6.07 Å². The second-order valence-corrected chi connectivity index (χ2v) is 3.43. The lowest BCUT2D eigenvalue weighted by molar-refractivity contribution is -0.384. The molecule has 1 aromatic carbocycles. The molecule has 17 heavy (non-hydrogen) atoms. The molecule has 0 fully saturated rings. The van der Waals surface area contributed by atoms with Crippen molar-refractivity contribution in [2.75, 3.05) is 0 Å². The highest BCUT2D eigenvalue weighted by atomic mass is 16.6. The van der Waals surface area contributed by atoms with Crippen LogP contribution in [0.1, 0.15) is 30.1 Å². The van der Waals surface area contributed by atoms with Crippen molar-refractivity contribution in [1.82, 2.24) is 5.32 Å². The molecule has 1 aromatic rings. The number of carbonyl (C=O) groups is 2. The highest BCUT2D eigenvalue weighted by Crippen LogP contribution is 2.12. The number of nitro groups is 1. The van der Waals surface area contributed by atoms with E-state index < -0.39 is 10.8 Å². The quantitative estimate of drug-likeness (QED) is 0.635. The van der Waals surface area contributed by atoms with E-state index in [1.165, 1.54) is 18.2 Å². The summed E-state index contributed by atoms with van der Waals surface area (Å²) in [5.74, 6) is -1.00. The lowest BCUT2D eigenvalue weighted by Crippen LogP contribution is -2.30. The van der Waals surface area contributed by atoms with Gasteiger partial charge in [-0.15, -0.1) is 0 Å². The van der Waals surface area contributed by atoms with E-state index in [1.54, 1.807) is 0 Å². The Morgan fingerprint density at radius 1 is 1.41 bits per heavy atom. The van der Waals surface area contributed by atoms with E-state index in [1.807, 2.05) is 6.92 Å². The number of benzene rings is 1. The molecule has 6 nitrogen and oxygen atoms in total. The first-order valence-corrected chi connectivity index (χ1v) is 5.13. The first-order valence-electron chi connectivity index (χ1n) is 5.13. The number of non-ortho nitro benzene ring substituents is 1. The summed E-state index contributed by atoms with van der Waals surface area (Å²) < 4.78 is 0. The Labute approximate surface area is 97.8 Å². The fraction of sp³-hybridized carbons (Fsp3) is 0.273. The molecule has 1 rings (SSSR count). The Bertz CT molecular complexity index is 457. The zero-order valence-corrected chi connectivity index (χ0v) is 9.30. The number of imide groups is 1. The minimum absolute atomic E-state index is 0.101. The van der Waals surface area contributed by atoms with Crippen LogP contribution in [0.15, 0.2) is 24.3 Å². The molecule has 90 valence electrons. The zero-order valence-electron chi connectivity index (χ0n) is 9.30. The van der Waals surface area contributed by atoms with Crippen molar-refractivity contribution in [2.45, 2.75) is 19.8 Å². The molecule has 0 radical (unpaired) electrons. The van der Waals surface area contributed by atoms with Crippen LogP contribution in [0.25, 0.3) is 0 Å². The van der Waals surface area contributed by atoms with Gasteiger partial charge in [0.05, 0.1) is 4.92 Å². The maximum Gasteiger partial charge on any atom is 0.270 e. The van der Waals surface area contributed by atoms with Gasteiger partial charge in [0.1, 0.15) is 0 Å². The first kappa shape index (κ1) is 12.8. The second-order valence-electron chi connectivity index (χ2n) is 3.43. The number of hydrogen-bond donors (Lipinski definition) is 1. The van der Waals surface area contributed by atoms with Gasteiger partial charge in [0.15, 0.2) is 0 Å². The van der Waals surface area contributed by atoms with Gasteiger partial charge in [0.2, 0.25) is 5.91 Å². The lowest BCUT2D eigenvalue weighted by Gasteiger charge is -2.02. The lowest BCUT2D eigenvalue weighted by atomic mass is 10.2. The molecular weight excluding hydrogens is 224 g/mol. The summed E-state index contributed by atoms with van der Waals surface area (Å²) in [6.45, 7) is 1.82. The van der Waals surface area contributed by atoms with Crippen LogP contribution in [0, 0.1) is 10.1 Å². The molecule has 2 amide bonds. The van der Waals surface area contributed by atoms with Crippen LogP contribution in [-0.4, -0.2) is 16.7 Å². The third kappa shape index (κ3) is 3.67. The first-order chi connectivity index (χ1) is 8.04. The molecule has 0 aliphatic heterocycles. The van der Waals surface area contributed by atoms with E-state index in [9.17, 15) is 19.7 Å². The molecule has 0 saturated heterocycles. The van der Waals surface area contributed by atoms with E-state index >= 15 is 0 Å². The second kappa shape index (κ2) is 5.74. The number of carbonyl (C=O) groups excluding carboxylic acids is 2. The molecular formula is C11H12N2O4. The maximum absolute atomic E-state index is 11.6. The van der Waals surface area contributed by atoms with E-state index in [0.29, 0.717) is 6.42 Å². The fourth-order valence-corrected chi connectivity index (χ4v) is 1.25. The van der Waals surface area contributed by atoms with Gasteiger partial charge in [-0.25, -0.2) is 0 Å². The third-order valence-corrected chi connectivity index (χ3v) is 2.05. The summed E-state index contributed by atoms with van der Waals surface area (Å²) in [5, 5.41) is 12.7. The van der Waals surface area contributed by atoms with Gasteiger partial charge in [-0.2, -0.15) is 0 Å². The number of rotatable bonds is 4. The van der Waals surface area contributed by atoms with Crippen molar-refractivity contribution in [2.24, 2.45) is 0 Å². The van der Waals surface area contributed by atoms with Gasteiger partial charge in [-0.3, -0.25) is 25.0 Å². The SMILES string of the molecule is CCCC(=O)NC(=O)c1cccc([N+](=O)[O-])c1. The highest BCUT2D eigenvalue weighted by Gasteiger charge is 2.13. The normalized spacial score (nSPS) is 9.71. The average molecular weight is 236 g/mol. The average Bonchev–Trinajstić information content (AvgIpc) is 2.29. The Kier molecular flexibility index (Phi) is 4.33. The van der Waals surface area contributed by atoms with Gasteiger partial charge < -0.3 is 0 Å². The summed E-state index contributed by atoms with van der Waals surface area (Å²) in [6, 6.07) is 5.23. The smallest absolute Gasteiger partial charge is 0.270 e. The van der Waals surface area contributed by atoms with E-state index in [4.69, 9.17) is 0 Å². The molecule has 1 N–H and O–H groups in total. The number of hydrogen-bond acceptors (Lipinski definition) is 4. The number of nitro benzene ring substituents is 1. The molecule has 0 unspecified atom stereocenters. The highest BCUT2D eigenvalue weighted by molar-refractivity contribution is 6.04. The minimum Gasteiger partial charge on any atom is -0.292 e. The van der Waals surface area contributed by atoms with Gasteiger partial charge in [0.25, 0.3) is 11.6 Å². The van der Waals surface area contributed by atoms with Crippen LogP contribution in [0.5, 0.6) is 0 Å². The topological polar surface area (TPSA) is 89.3 Å². The van der Waals surface area contributed by atoms with Gasteiger partial charge in [-0.05, 0) is 12.5 Å². The Hall–Kier alpha value is -2.24. The predicted octanol–water partition coefficient (Wildman–Crippen LogP) is 1.65. The summed E-state index contributed by atoms with van der Waals surface area (Å²) in [4.78, 5) is 32.6. The van der Waals surface area contributed by atoms with Crippen molar-refractivity contribution in [3.05, 3.63) is 39.9 Å². The number of nitrogens with one attached hydrogen (secondary N) is 1. The van der Waals surface area contributed by atoms with Crippen molar-refractivity contribution >= 4 is 17.5 Å². The Balaban J connectivity index is 2.79. The summed E-state index contributed by atoms with van der Waals surface area (Å²) >= 11 is 0. The molecule has 0 atom stereocenters. The van der Waals surface area contributed by atoms with Crippen LogP contribution < -0.4 is 5.32 Å². The van der Waals surface area contributed by atoms with Crippen molar-refractivity contribution in [3.8, 4) is 0 Å². The number of amides is 2. The fourth-order valence-electron chi connectivity index (χ4n) is 1.25. The minimum atomic E-state index is -0.618. The molecule has 0 heterocycles. The van der Waals surface area contributed by atoms with Crippen LogP contribution in [0.4, 0.5) is 5.69 Å². The van der Waals surface area contributed by atoms with Crippen LogP contribution in [-0.2, 0) is 4.79 Å². The molecule has 0 aromatic heterocycles. The molecule has 0 spiro atoms. The maximum atomic E-state index is 11.6. The van der Waals surface area contributed by atoms with Crippen molar-refractivity contribution < 1.29 is 14.5 Å². The summed E-state index contributed by atoms with van der Waals surface area (Å²) in [6.07, 6.45) is 0.884.